The van der Waals surface area contributed by atoms with E-state index in [9.17, 15) is 4.79 Å². The zero-order chi connectivity index (χ0) is 21.8. The van der Waals surface area contributed by atoms with Crippen LogP contribution in [0.5, 0.6) is 5.75 Å². The normalized spacial score (nSPS) is 17.4. The van der Waals surface area contributed by atoms with Gasteiger partial charge >= 0.3 is 0 Å². The Labute approximate surface area is 187 Å². The van der Waals surface area contributed by atoms with Gasteiger partial charge in [0.2, 0.25) is 5.91 Å². The Bertz CT molecular complexity index is 1260. The van der Waals surface area contributed by atoms with Gasteiger partial charge in [-0.1, -0.05) is 84.9 Å². The first-order valence-electron chi connectivity index (χ1n) is 10.9. The summed E-state index contributed by atoms with van der Waals surface area (Å²) in [6.07, 6.45) is 2.53. The van der Waals surface area contributed by atoms with Crippen molar-refractivity contribution < 1.29 is 9.53 Å². The molecule has 4 heteroatoms. The topological polar surface area (TPSA) is 50.7 Å². The second kappa shape index (κ2) is 9.06. The van der Waals surface area contributed by atoms with Gasteiger partial charge in [-0.3, -0.25) is 4.79 Å². The Morgan fingerprint density at radius 3 is 2.62 bits per heavy atom. The molecule has 0 heterocycles. The van der Waals surface area contributed by atoms with E-state index in [0.29, 0.717) is 12.5 Å². The predicted octanol–water partition coefficient (Wildman–Crippen LogP) is 5.67. The molecule has 2 unspecified atom stereocenters. The first-order valence-corrected chi connectivity index (χ1v) is 10.9. The lowest BCUT2D eigenvalue weighted by Gasteiger charge is -2.09. The molecular weight excluding hydrogens is 396 g/mol. The number of hydrogen-bond donors (Lipinski definition) is 1. The smallest absolute Gasteiger partial charge is 0.243 e. The summed E-state index contributed by atoms with van der Waals surface area (Å²) in [4.78, 5) is 12.4. The van der Waals surface area contributed by atoms with Crippen LogP contribution in [0.1, 0.15) is 29.0 Å². The van der Waals surface area contributed by atoms with Crippen LogP contribution in [0.4, 0.5) is 0 Å². The minimum atomic E-state index is -0.0292. The number of ether oxygens (including phenoxy) is 1. The molecule has 5 rings (SSSR count). The van der Waals surface area contributed by atoms with Crippen molar-refractivity contribution in [3.8, 4) is 5.75 Å². The van der Waals surface area contributed by atoms with Gasteiger partial charge in [0.25, 0.3) is 0 Å². The number of fused-ring (bicyclic) bond motifs is 1. The fourth-order valence-corrected chi connectivity index (χ4v) is 4.07. The van der Waals surface area contributed by atoms with E-state index in [2.05, 4.69) is 53.0 Å². The van der Waals surface area contributed by atoms with Crippen molar-refractivity contribution in [3.63, 3.8) is 0 Å². The highest BCUT2D eigenvalue weighted by Crippen LogP contribution is 2.47. The summed E-state index contributed by atoms with van der Waals surface area (Å²) in [5, 5.41) is 6.55. The summed E-state index contributed by atoms with van der Waals surface area (Å²) in [5.41, 5.74) is 5.91. The molecule has 1 N–H and O–H groups in total. The van der Waals surface area contributed by atoms with Crippen LogP contribution in [-0.4, -0.2) is 12.1 Å². The van der Waals surface area contributed by atoms with Crippen LogP contribution in [0.3, 0.4) is 0 Å². The molecule has 0 saturated heterocycles. The SMILES string of the molecule is O=C(NN=Cc1cccc(OCc2cccc3ccccc23)c1)C1CC1c1ccccc1. The van der Waals surface area contributed by atoms with Crippen molar-refractivity contribution in [1.82, 2.24) is 5.43 Å². The molecular formula is C28H24N2O2. The molecule has 0 spiro atoms. The minimum absolute atomic E-state index is 0.00455. The average molecular weight is 421 g/mol. The number of hydrazone groups is 1. The highest BCUT2D eigenvalue weighted by atomic mass is 16.5. The predicted molar refractivity (Wildman–Crippen MR) is 128 cm³/mol. The molecule has 32 heavy (non-hydrogen) atoms. The van der Waals surface area contributed by atoms with Gasteiger partial charge in [0.1, 0.15) is 12.4 Å². The summed E-state index contributed by atoms with van der Waals surface area (Å²) < 4.78 is 6.03. The number of rotatable bonds is 7. The van der Waals surface area contributed by atoms with E-state index in [4.69, 9.17) is 4.74 Å². The second-order valence-electron chi connectivity index (χ2n) is 8.09. The first-order chi connectivity index (χ1) is 15.8. The fraction of sp³-hybridized carbons (Fsp3) is 0.143. The van der Waals surface area contributed by atoms with Crippen molar-refractivity contribution in [2.75, 3.05) is 0 Å². The number of carbonyl (C=O) groups excluding carboxylic acids is 1. The van der Waals surface area contributed by atoms with E-state index in [-0.39, 0.29) is 11.8 Å². The maximum atomic E-state index is 12.4. The fourth-order valence-electron chi connectivity index (χ4n) is 4.07. The van der Waals surface area contributed by atoms with E-state index in [1.807, 2.05) is 54.6 Å². The molecule has 1 aliphatic rings. The second-order valence-corrected chi connectivity index (χ2v) is 8.09. The molecule has 158 valence electrons. The molecule has 4 nitrogen and oxygen atoms in total. The van der Waals surface area contributed by atoms with Crippen molar-refractivity contribution in [2.45, 2.75) is 18.9 Å². The molecule has 0 radical (unpaired) electrons. The van der Waals surface area contributed by atoms with E-state index in [1.165, 1.54) is 16.3 Å². The average Bonchev–Trinajstić information content (AvgIpc) is 3.65. The van der Waals surface area contributed by atoms with Gasteiger partial charge in [-0.25, -0.2) is 5.43 Å². The van der Waals surface area contributed by atoms with Crippen LogP contribution in [0, 0.1) is 5.92 Å². The van der Waals surface area contributed by atoms with Gasteiger partial charge in [-0.05, 0) is 51.9 Å². The van der Waals surface area contributed by atoms with E-state index in [1.54, 1.807) is 6.21 Å². The number of hydrogen-bond acceptors (Lipinski definition) is 3. The van der Waals surface area contributed by atoms with Crippen LogP contribution in [-0.2, 0) is 11.4 Å². The third-order valence-corrected chi connectivity index (χ3v) is 5.88. The lowest BCUT2D eigenvalue weighted by Crippen LogP contribution is -2.20. The number of amides is 1. The Balaban J connectivity index is 1.17. The van der Waals surface area contributed by atoms with Gasteiger partial charge in [-0.2, -0.15) is 5.10 Å². The maximum absolute atomic E-state index is 12.4. The van der Waals surface area contributed by atoms with Crippen LogP contribution in [0.15, 0.2) is 102 Å². The van der Waals surface area contributed by atoms with Crippen molar-refractivity contribution in [2.24, 2.45) is 11.0 Å². The highest BCUT2D eigenvalue weighted by molar-refractivity contribution is 5.86. The molecule has 4 aromatic carbocycles. The van der Waals surface area contributed by atoms with Crippen LogP contribution < -0.4 is 10.2 Å². The van der Waals surface area contributed by atoms with Crippen molar-refractivity contribution in [3.05, 3.63) is 114 Å². The zero-order valence-electron chi connectivity index (χ0n) is 17.6. The number of nitrogens with one attached hydrogen (secondary N) is 1. The third kappa shape index (κ3) is 4.54. The molecule has 0 aromatic heterocycles. The van der Waals surface area contributed by atoms with Crippen LogP contribution in [0.25, 0.3) is 10.8 Å². The molecule has 0 bridgehead atoms. The van der Waals surface area contributed by atoms with Gasteiger partial charge in [0, 0.05) is 5.92 Å². The Hall–Kier alpha value is -3.92. The molecule has 1 saturated carbocycles. The molecule has 2 atom stereocenters. The maximum Gasteiger partial charge on any atom is 0.243 e. The number of benzene rings is 4. The first kappa shape index (κ1) is 20.0. The lowest BCUT2D eigenvalue weighted by atomic mass is 10.1. The van der Waals surface area contributed by atoms with Crippen molar-refractivity contribution in [1.29, 1.82) is 0 Å². The quantitative estimate of drug-likeness (QED) is 0.309. The van der Waals surface area contributed by atoms with Crippen molar-refractivity contribution >= 4 is 22.9 Å². The van der Waals surface area contributed by atoms with E-state index < -0.39 is 0 Å². The summed E-state index contributed by atoms with van der Waals surface area (Å²) in [6, 6.07) is 32.4. The largest absolute Gasteiger partial charge is 0.489 e. The Morgan fingerprint density at radius 1 is 0.938 bits per heavy atom. The van der Waals surface area contributed by atoms with Crippen LogP contribution >= 0.6 is 0 Å². The summed E-state index contributed by atoms with van der Waals surface area (Å²) in [6.45, 7) is 0.487. The Kier molecular flexibility index (Phi) is 5.67. The molecule has 0 aliphatic heterocycles. The van der Waals surface area contributed by atoms with Gasteiger partial charge in [0.05, 0.1) is 6.21 Å². The monoisotopic (exact) mass is 420 g/mol. The van der Waals surface area contributed by atoms with Crippen LogP contribution in [0.2, 0.25) is 0 Å². The van der Waals surface area contributed by atoms with Gasteiger partial charge in [0.15, 0.2) is 0 Å². The zero-order valence-corrected chi connectivity index (χ0v) is 17.6. The Morgan fingerprint density at radius 2 is 1.72 bits per heavy atom. The molecule has 4 aromatic rings. The molecule has 1 amide bonds. The number of carbonyl (C=O) groups is 1. The minimum Gasteiger partial charge on any atom is -0.489 e. The molecule has 1 aliphatic carbocycles. The summed E-state index contributed by atoms with van der Waals surface area (Å²) in [5.74, 6) is 1.04. The summed E-state index contributed by atoms with van der Waals surface area (Å²) in [7, 11) is 0. The molecule has 1 fully saturated rings. The highest BCUT2D eigenvalue weighted by Gasteiger charge is 2.43. The van der Waals surface area contributed by atoms with E-state index >= 15 is 0 Å². The summed E-state index contributed by atoms with van der Waals surface area (Å²) >= 11 is 0. The third-order valence-electron chi connectivity index (χ3n) is 5.88. The lowest BCUT2D eigenvalue weighted by molar-refractivity contribution is -0.122. The number of nitrogens with zero attached hydrogens (tertiary/aromatic N) is 1. The standard InChI is InChI=1S/C28H24N2O2/c31-28(27-17-26(27)22-9-2-1-3-10-22)30-29-18-20-8-6-14-24(16-20)32-19-23-13-7-12-21-11-4-5-15-25(21)23/h1-16,18,26-27H,17,19H2,(H,30,31). The van der Waals surface area contributed by atoms with E-state index in [0.717, 1.165) is 23.3 Å². The van der Waals surface area contributed by atoms with Gasteiger partial charge in [-0.15, -0.1) is 0 Å². The van der Waals surface area contributed by atoms with Gasteiger partial charge < -0.3 is 4.74 Å².